The molecule has 0 fully saturated rings. The van der Waals surface area contributed by atoms with Crippen LogP contribution in [-0.2, 0) is 27.1 Å². The van der Waals surface area contributed by atoms with E-state index in [1.807, 2.05) is 39.8 Å². The monoisotopic (exact) mass is 377 g/mol. The van der Waals surface area contributed by atoms with Crippen molar-refractivity contribution in [3.05, 3.63) is 29.3 Å². The summed E-state index contributed by atoms with van der Waals surface area (Å²) in [6.07, 6.45) is 2.86. The number of carbonyl (C=O) groups is 2. The molecule has 6 nitrogen and oxygen atoms in total. The van der Waals surface area contributed by atoms with Crippen LogP contribution in [0.4, 0.5) is 4.79 Å². The summed E-state index contributed by atoms with van der Waals surface area (Å²) in [5.74, 6) is 0.976. The minimum Gasteiger partial charge on any atom is -0.492 e. The zero-order valence-corrected chi connectivity index (χ0v) is 16.8. The number of alkyl carbamates (subject to hydrolysis) is 1. The van der Waals surface area contributed by atoms with E-state index in [0.29, 0.717) is 32.1 Å². The summed E-state index contributed by atoms with van der Waals surface area (Å²) in [5.41, 5.74) is 2.03. The van der Waals surface area contributed by atoms with Crippen molar-refractivity contribution in [2.75, 3.05) is 19.8 Å². The van der Waals surface area contributed by atoms with Crippen molar-refractivity contribution in [1.29, 1.82) is 0 Å². The van der Waals surface area contributed by atoms with Crippen LogP contribution < -0.4 is 10.1 Å². The molecular formula is C21H31NO5. The van der Waals surface area contributed by atoms with Crippen LogP contribution >= 0.6 is 0 Å². The lowest BCUT2D eigenvalue weighted by Gasteiger charge is -2.24. The van der Waals surface area contributed by atoms with Crippen molar-refractivity contribution in [3.63, 3.8) is 0 Å². The van der Waals surface area contributed by atoms with E-state index in [4.69, 9.17) is 14.2 Å². The zero-order valence-electron chi connectivity index (χ0n) is 16.8. The summed E-state index contributed by atoms with van der Waals surface area (Å²) >= 11 is 0. The van der Waals surface area contributed by atoms with Crippen LogP contribution in [-0.4, -0.2) is 37.4 Å². The Labute approximate surface area is 161 Å². The van der Waals surface area contributed by atoms with Crippen molar-refractivity contribution in [2.45, 2.75) is 59.0 Å². The third-order valence-electron chi connectivity index (χ3n) is 4.31. The second-order valence-corrected chi connectivity index (χ2v) is 7.83. The van der Waals surface area contributed by atoms with Crippen molar-refractivity contribution in [2.24, 2.45) is 5.92 Å². The molecule has 1 amide bonds. The third-order valence-corrected chi connectivity index (χ3v) is 4.31. The molecule has 1 aromatic rings. The van der Waals surface area contributed by atoms with E-state index in [0.717, 1.165) is 25.0 Å². The first kappa shape index (κ1) is 21.1. The molecule has 6 heteroatoms. The molecule has 1 aliphatic rings. The van der Waals surface area contributed by atoms with Gasteiger partial charge in [0, 0.05) is 6.42 Å². The Hall–Kier alpha value is -2.24. The predicted molar refractivity (Wildman–Crippen MR) is 103 cm³/mol. The summed E-state index contributed by atoms with van der Waals surface area (Å²) < 4.78 is 16.0. The summed E-state index contributed by atoms with van der Waals surface area (Å²) in [6, 6.07) is 6.09. The van der Waals surface area contributed by atoms with Crippen molar-refractivity contribution in [3.8, 4) is 5.75 Å². The van der Waals surface area contributed by atoms with Crippen LogP contribution in [0.5, 0.6) is 5.75 Å². The molecule has 1 unspecified atom stereocenters. The highest BCUT2D eigenvalue weighted by Gasteiger charge is 2.22. The average molecular weight is 377 g/mol. The summed E-state index contributed by atoms with van der Waals surface area (Å²) in [4.78, 5) is 23.3. The van der Waals surface area contributed by atoms with E-state index < -0.39 is 11.7 Å². The standard InChI is InChI=1S/C21H31NO5/c1-5-25-19(23)13-15-6-7-16-8-9-18(14-17(16)12-15)26-11-10-22-20(24)27-21(2,3)4/h8-9,14-15H,5-7,10-13H2,1-4H3,(H,22,24). The summed E-state index contributed by atoms with van der Waals surface area (Å²) in [7, 11) is 0. The van der Waals surface area contributed by atoms with Gasteiger partial charge >= 0.3 is 12.1 Å². The molecule has 150 valence electrons. The van der Waals surface area contributed by atoms with Gasteiger partial charge in [0.2, 0.25) is 0 Å². The molecule has 27 heavy (non-hydrogen) atoms. The number of ether oxygens (including phenoxy) is 3. The number of fused-ring (bicyclic) bond motifs is 1. The first-order valence-electron chi connectivity index (χ1n) is 9.64. The first-order chi connectivity index (χ1) is 12.8. The van der Waals surface area contributed by atoms with E-state index in [1.54, 1.807) is 0 Å². The van der Waals surface area contributed by atoms with Crippen LogP contribution in [0.3, 0.4) is 0 Å². The molecule has 1 aromatic carbocycles. The Morgan fingerprint density at radius 2 is 2.00 bits per heavy atom. The zero-order chi connectivity index (χ0) is 19.9. The second kappa shape index (κ2) is 9.62. The minimum atomic E-state index is -0.510. The largest absolute Gasteiger partial charge is 0.492 e. The number of benzene rings is 1. The van der Waals surface area contributed by atoms with Gasteiger partial charge in [-0.25, -0.2) is 4.79 Å². The number of aryl methyl sites for hydroxylation is 1. The minimum absolute atomic E-state index is 0.119. The Morgan fingerprint density at radius 3 is 2.70 bits per heavy atom. The van der Waals surface area contributed by atoms with Gasteiger partial charge in [-0.05, 0) is 76.1 Å². The number of carbonyl (C=O) groups excluding carboxylic acids is 2. The molecule has 0 saturated carbocycles. The molecular weight excluding hydrogens is 346 g/mol. The van der Waals surface area contributed by atoms with E-state index in [2.05, 4.69) is 11.4 Å². The normalized spacial score (nSPS) is 16.2. The van der Waals surface area contributed by atoms with Gasteiger partial charge in [-0.15, -0.1) is 0 Å². The van der Waals surface area contributed by atoms with Gasteiger partial charge in [0.1, 0.15) is 18.0 Å². The van der Waals surface area contributed by atoms with Crippen LogP contribution in [0.2, 0.25) is 0 Å². The van der Waals surface area contributed by atoms with E-state index in [1.165, 1.54) is 11.1 Å². The molecule has 1 N–H and O–H groups in total. The van der Waals surface area contributed by atoms with Gasteiger partial charge in [0.05, 0.1) is 13.2 Å². The highest BCUT2D eigenvalue weighted by molar-refractivity contribution is 5.69. The lowest BCUT2D eigenvalue weighted by atomic mass is 9.82. The highest BCUT2D eigenvalue weighted by atomic mass is 16.6. The lowest BCUT2D eigenvalue weighted by Crippen LogP contribution is -2.34. The van der Waals surface area contributed by atoms with E-state index in [-0.39, 0.29) is 5.97 Å². The molecule has 0 aliphatic heterocycles. The number of nitrogens with one attached hydrogen (secondary N) is 1. The maximum Gasteiger partial charge on any atom is 0.407 e. The van der Waals surface area contributed by atoms with Crippen molar-refractivity contribution >= 4 is 12.1 Å². The number of hydrogen-bond acceptors (Lipinski definition) is 5. The number of amides is 1. The van der Waals surface area contributed by atoms with Crippen molar-refractivity contribution in [1.82, 2.24) is 5.32 Å². The predicted octanol–water partition coefficient (Wildman–Crippen LogP) is 3.65. The SMILES string of the molecule is CCOC(=O)CC1CCc2ccc(OCCNC(=O)OC(C)(C)C)cc2C1. The maximum absolute atomic E-state index is 11.7. The fourth-order valence-corrected chi connectivity index (χ4v) is 3.16. The molecule has 1 atom stereocenters. The Morgan fingerprint density at radius 1 is 1.22 bits per heavy atom. The average Bonchev–Trinajstić information content (AvgIpc) is 2.57. The quantitative estimate of drug-likeness (QED) is 0.580. The Kier molecular flexibility index (Phi) is 7.51. The number of rotatable bonds is 7. The highest BCUT2D eigenvalue weighted by Crippen LogP contribution is 2.30. The van der Waals surface area contributed by atoms with Gasteiger partial charge < -0.3 is 19.5 Å². The Bertz CT molecular complexity index is 650. The smallest absolute Gasteiger partial charge is 0.407 e. The van der Waals surface area contributed by atoms with Crippen molar-refractivity contribution < 1.29 is 23.8 Å². The fraction of sp³-hybridized carbons (Fsp3) is 0.619. The summed E-state index contributed by atoms with van der Waals surface area (Å²) in [5, 5.41) is 2.67. The van der Waals surface area contributed by atoms with Crippen LogP contribution in [0.1, 0.15) is 51.7 Å². The molecule has 2 rings (SSSR count). The molecule has 1 aliphatic carbocycles. The lowest BCUT2D eigenvalue weighted by molar-refractivity contribution is -0.144. The number of esters is 1. The van der Waals surface area contributed by atoms with Gasteiger partial charge in [-0.2, -0.15) is 0 Å². The molecule has 0 spiro atoms. The molecule has 0 heterocycles. The Balaban J connectivity index is 1.80. The molecule has 0 aromatic heterocycles. The summed E-state index contributed by atoms with van der Waals surface area (Å²) in [6.45, 7) is 8.47. The van der Waals surface area contributed by atoms with Gasteiger partial charge in [-0.3, -0.25) is 4.79 Å². The van der Waals surface area contributed by atoms with Gasteiger partial charge in [0.15, 0.2) is 0 Å². The van der Waals surface area contributed by atoms with Gasteiger partial charge in [-0.1, -0.05) is 6.07 Å². The third kappa shape index (κ3) is 7.49. The maximum atomic E-state index is 11.7. The second-order valence-electron chi connectivity index (χ2n) is 7.83. The number of hydrogen-bond donors (Lipinski definition) is 1. The molecule has 0 bridgehead atoms. The fourth-order valence-electron chi connectivity index (χ4n) is 3.16. The first-order valence-corrected chi connectivity index (χ1v) is 9.64. The van der Waals surface area contributed by atoms with Crippen LogP contribution in [0, 0.1) is 5.92 Å². The van der Waals surface area contributed by atoms with E-state index in [9.17, 15) is 9.59 Å². The van der Waals surface area contributed by atoms with Crippen LogP contribution in [0.15, 0.2) is 18.2 Å². The molecule has 0 radical (unpaired) electrons. The molecule has 0 saturated heterocycles. The van der Waals surface area contributed by atoms with Crippen LogP contribution in [0.25, 0.3) is 0 Å². The van der Waals surface area contributed by atoms with E-state index >= 15 is 0 Å². The van der Waals surface area contributed by atoms with Gasteiger partial charge in [0.25, 0.3) is 0 Å². The topological polar surface area (TPSA) is 73.9 Å².